The van der Waals surface area contributed by atoms with E-state index in [1.807, 2.05) is 0 Å². The first-order valence-electron chi connectivity index (χ1n) is 7.98. The summed E-state index contributed by atoms with van der Waals surface area (Å²) in [5, 5.41) is 9.45. The summed E-state index contributed by atoms with van der Waals surface area (Å²) in [6.07, 6.45) is 4.50. The predicted molar refractivity (Wildman–Crippen MR) is 83.5 cm³/mol. The van der Waals surface area contributed by atoms with Crippen LogP contribution in [0.1, 0.15) is 51.0 Å². The quantitative estimate of drug-likeness (QED) is 0.802. The molecule has 2 rings (SSSR count). The van der Waals surface area contributed by atoms with Crippen molar-refractivity contribution >= 4 is 0 Å². The molecule has 0 heterocycles. The van der Waals surface area contributed by atoms with Crippen molar-refractivity contribution in [1.29, 1.82) is 5.26 Å². The monoisotopic (exact) mass is 270 g/mol. The van der Waals surface area contributed by atoms with Crippen molar-refractivity contribution in [3.05, 3.63) is 35.9 Å². The summed E-state index contributed by atoms with van der Waals surface area (Å²) in [6, 6.07) is 13.8. The van der Waals surface area contributed by atoms with Crippen LogP contribution in [0.3, 0.4) is 0 Å². The minimum Gasteiger partial charge on any atom is -0.299 e. The summed E-state index contributed by atoms with van der Waals surface area (Å²) in [5.74, 6) is 0.832. The van der Waals surface area contributed by atoms with Gasteiger partial charge >= 0.3 is 0 Å². The van der Waals surface area contributed by atoms with Gasteiger partial charge in [-0.25, -0.2) is 0 Å². The Bertz CT molecular complexity index is 434. The van der Waals surface area contributed by atoms with Crippen LogP contribution >= 0.6 is 0 Å². The molecule has 1 fully saturated rings. The molecule has 1 aliphatic carbocycles. The van der Waals surface area contributed by atoms with Gasteiger partial charge in [0.2, 0.25) is 0 Å². The van der Waals surface area contributed by atoms with E-state index in [9.17, 15) is 5.26 Å². The molecule has 3 unspecified atom stereocenters. The van der Waals surface area contributed by atoms with Crippen molar-refractivity contribution in [2.45, 2.75) is 51.5 Å². The molecule has 0 aliphatic heterocycles. The Morgan fingerprint density at radius 2 is 1.95 bits per heavy atom. The maximum atomic E-state index is 9.45. The van der Waals surface area contributed by atoms with Crippen molar-refractivity contribution < 1.29 is 0 Å². The topological polar surface area (TPSA) is 27.0 Å². The fourth-order valence-corrected chi connectivity index (χ4v) is 3.57. The molecular weight excluding hydrogens is 244 g/mol. The normalized spacial score (nSPS) is 26.4. The van der Waals surface area contributed by atoms with E-state index in [-0.39, 0.29) is 5.92 Å². The Labute approximate surface area is 123 Å². The molecule has 2 nitrogen and oxygen atoms in total. The highest BCUT2D eigenvalue weighted by Crippen LogP contribution is 2.38. The zero-order chi connectivity index (χ0) is 14.4. The molecule has 1 aromatic rings. The maximum Gasteiger partial charge on any atom is 0.0672 e. The van der Waals surface area contributed by atoms with Crippen LogP contribution in [-0.2, 0) is 0 Å². The highest BCUT2D eigenvalue weighted by molar-refractivity contribution is 5.21. The summed E-state index contributed by atoms with van der Waals surface area (Å²) in [4.78, 5) is 2.52. The second kappa shape index (κ2) is 7.45. The zero-order valence-electron chi connectivity index (χ0n) is 12.8. The maximum absolute atomic E-state index is 9.45. The van der Waals surface area contributed by atoms with Crippen LogP contribution in [-0.4, -0.2) is 24.0 Å². The summed E-state index contributed by atoms with van der Waals surface area (Å²) in [6.45, 7) is 6.61. The molecular formula is C18H26N2. The number of hydrogen-bond donors (Lipinski definition) is 0. The molecule has 0 amide bonds. The van der Waals surface area contributed by atoms with Gasteiger partial charge in [0.25, 0.3) is 0 Å². The third kappa shape index (κ3) is 3.41. The van der Waals surface area contributed by atoms with Crippen LogP contribution in [0.2, 0.25) is 0 Å². The second-order valence-electron chi connectivity index (χ2n) is 5.85. The van der Waals surface area contributed by atoms with Crippen molar-refractivity contribution in [2.24, 2.45) is 5.92 Å². The second-order valence-corrected chi connectivity index (χ2v) is 5.85. The van der Waals surface area contributed by atoms with E-state index in [2.05, 4.69) is 55.1 Å². The number of nitriles is 1. The summed E-state index contributed by atoms with van der Waals surface area (Å²) < 4.78 is 0. The summed E-state index contributed by atoms with van der Waals surface area (Å²) >= 11 is 0. The lowest BCUT2D eigenvalue weighted by molar-refractivity contribution is 0.123. The Morgan fingerprint density at radius 3 is 2.55 bits per heavy atom. The first-order valence-corrected chi connectivity index (χ1v) is 7.98. The van der Waals surface area contributed by atoms with Gasteiger partial charge in [-0.15, -0.1) is 0 Å². The number of hydrogen-bond acceptors (Lipinski definition) is 2. The lowest BCUT2D eigenvalue weighted by atomic mass is 9.75. The smallest absolute Gasteiger partial charge is 0.0672 e. The molecule has 0 N–H and O–H groups in total. The minimum absolute atomic E-state index is 0.210. The first-order chi connectivity index (χ1) is 9.80. The highest BCUT2D eigenvalue weighted by Gasteiger charge is 2.34. The fraction of sp³-hybridized carbons (Fsp3) is 0.611. The molecule has 3 atom stereocenters. The Hall–Kier alpha value is -1.33. The number of rotatable bonds is 5. The minimum atomic E-state index is 0.210. The van der Waals surface area contributed by atoms with Gasteiger partial charge in [0, 0.05) is 6.04 Å². The standard InChI is InChI=1S/C18H26N2/c1-3-12-20(4-2)18-13-16(10-11-17(18)14-19)15-8-6-5-7-9-15/h5-9,16-18H,3-4,10-13H2,1-2H3. The number of benzene rings is 1. The lowest BCUT2D eigenvalue weighted by Crippen LogP contribution is -2.44. The van der Waals surface area contributed by atoms with Crippen LogP contribution in [0.4, 0.5) is 0 Å². The molecule has 108 valence electrons. The van der Waals surface area contributed by atoms with Crippen LogP contribution in [0.5, 0.6) is 0 Å². The molecule has 1 aliphatic rings. The van der Waals surface area contributed by atoms with E-state index in [0.29, 0.717) is 12.0 Å². The molecule has 0 spiro atoms. The Morgan fingerprint density at radius 1 is 1.20 bits per heavy atom. The summed E-state index contributed by atoms with van der Waals surface area (Å²) in [7, 11) is 0. The van der Waals surface area contributed by atoms with Gasteiger partial charge in [-0.1, -0.05) is 44.2 Å². The van der Waals surface area contributed by atoms with Gasteiger partial charge in [0.1, 0.15) is 0 Å². The van der Waals surface area contributed by atoms with Crippen molar-refractivity contribution in [3.8, 4) is 6.07 Å². The average molecular weight is 270 g/mol. The van der Waals surface area contributed by atoms with E-state index >= 15 is 0 Å². The molecule has 20 heavy (non-hydrogen) atoms. The van der Waals surface area contributed by atoms with Gasteiger partial charge in [-0.05, 0) is 50.3 Å². The third-order valence-electron chi connectivity index (χ3n) is 4.64. The van der Waals surface area contributed by atoms with Crippen molar-refractivity contribution in [3.63, 3.8) is 0 Å². The van der Waals surface area contributed by atoms with Gasteiger partial charge < -0.3 is 0 Å². The largest absolute Gasteiger partial charge is 0.299 e. The molecule has 0 saturated heterocycles. The Kier molecular flexibility index (Phi) is 5.61. The molecule has 0 aromatic heterocycles. The van der Waals surface area contributed by atoms with Crippen LogP contribution in [0.25, 0.3) is 0 Å². The van der Waals surface area contributed by atoms with E-state index < -0.39 is 0 Å². The molecule has 0 bridgehead atoms. The van der Waals surface area contributed by atoms with Gasteiger partial charge in [0.05, 0.1) is 12.0 Å². The Balaban J connectivity index is 2.13. The predicted octanol–water partition coefficient (Wildman–Crippen LogP) is 4.19. The first kappa shape index (κ1) is 15.1. The van der Waals surface area contributed by atoms with Crippen molar-refractivity contribution in [2.75, 3.05) is 13.1 Å². The van der Waals surface area contributed by atoms with Crippen molar-refractivity contribution in [1.82, 2.24) is 4.90 Å². The lowest BCUT2D eigenvalue weighted by Gasteiger charge is -2.40. The van der Waals surface area contributed by atoms with E-state index in [0.717, 1.165) is 32.4 Å². The highest BCUT2D eigenvalue weighted by atomic mass is 15.2. The van der Waals surface area contributed by atoms with Gasteiger partial charge in [-0.2, -0.15) is 5.26 Å². The van der Waals surface area contributed by atoms with Gasteiger partial charge in [-0.3, -0.25) is 4.90 Å². The van der Waals surface area contributed by atoms with Gasteiger partial charge in [0.15, 0.2) is 0 Å². The summed E-state index contributed by atoms with van der Waals surface area (Å²) in [5.41, 5.74) is 1.45. The molecule has 1 saturated carbocycles. The van der Waals surface area contributed by atoms with E-state index in [1.54, 1.807) is 0 Å². The zero-order valence-corrected chi connectivity index (χ0v) is 12.8. The molecule has 0 radical (unpaired) electrons. The van der Waals surface area contributed by atoms with Crippen LogP contribution in [0, 0.1) is 17.2 Å². The van der Waals surface area contributed by atoms with Crippen LogP contribution in [0.15, 0.2) is 30.3 Å². The van der Waals surface area contributed by atoms with E-state index in [4.69, 9.17) is 0 Å². The molecule has 2 heteroatoms. The fourth-order valence-electron chi connectivity index (χ4n) is 3.57. The van der Waals surface area contributed by atoms with Crippen LogP contribution < -0.4 is 0 Å². The average Bonchev–Trinajstić information content (AvgIpc) is 2.53. The third-order valence-corrected chi connectivity index (χ3v) is 4.64. The SMILES string of the molecule is CCCN(CC)C1CC(c2ccccc2)CCC1C#N. The number of nitrogens with zero attached hydrogens (tertiary/aromatic N) is 2. The van der Waals surface area contributed by atoms with E-state index in [1.165, 1.54) is 12.0 Å². The molecule has 1 aromatic carbocycles.